The predicted molar refractivity (Wildman–Crippen MR) is 94.9 cm³/mol. The number of benzene rings is 2. The molecule has 0 aliphatic carbocycles. The topological polar surface area (TPSA) is 98.1 Å². The molecule has 1 atom stereocenters. The molecule has 0 spiro atoms. The van der Waals surface area contributed by atoms with E-state index in [9.17, 15) is 14.9 Å². The van der Waals surface area contributed by atoms with E-state index < -0.39 is 4.92 Å². The van der Waals surface area contributed by atoms with E-state index in [-0.39, 0.29) is 29.9 Å². The van der Waals surface area contributed by atoms with Gasteiger partial charge in [0.05, 0.1) is 17.7 Å². The van der Waals surface area contributed by atoms with Crippen LogP contribution in [0.25, 0.3) is 0 Å². The zero-order chi connectivity index (χ0) is 18.4. The summed E-state index contributed by atoms with van der Waals surface area (Å²) in [5.74, 6) is 0.0873. The first-order valence-electron chi connectivity index (χ1n) is 7.61. The molecule has 0 unspecified atom stereocenters. The molecule has 2 aromatic carbocycles. The van der Waals surface area contributed by atoms with E-state index in [0.717, 1.165) is 5.56 Å². The minimum Gasteiger partial charge on any atom is -0.495 e. The van der Waals surface area contributed by atoms with Crippen LogP contribution >= 0.6 is 11.6 Å². The van der Waals surface area contributed by atoms with Crippen LogP contribution in [0.2, 0.25) is 5.02 Å². The second-order valence-corrected chi connectivity index (χ2v) is 5.91. The maximum atomic E-state index is 12.2. The monoisotopic (exact) mass is 364 g/mol. The number of rotatable bonds is 7. The number of amides is 1. The molecule has 0 saturated heterocycles. The van der Waals surface area contributed by atoms with E-state index in [1.54, 1.807) is 12.1 Å². The zero-order valence-corrected chi connectivity index (χ0v) is 14.6. The van der Waals surface area contributed by atoms with Gasteiger partial charge in [0, 0.05) is 22.7 Å². The summed E-state index contributed by atoms with van der Waals surface area (Å²) in [6.45, 7) is 2.14. The van der Waals surface area contributed by atoms with Gasteiger partial charge >= 0.3 is 0 Å². The molecule has 0 saturated carbocycles. The molecule has 1 amide bonds. The number of carbonyl (C=O) groups excluding carboxylic acids is 1. The normalized spacial score (nSPS) is 11.6. The summed E-state index contributed by atoms with van der Waals surface area (Å²) in [5.41, 5.74) is 1.20. The van der Waals surface area contributed by atoms with Crippen LogP contribution in [-0.2, 0) is 4.79 Å². The molecule has 0 radical (unpaired) electrons. The first kappa shape index (κ1) is 18.7. The van der Waals surface area contributed by atoms with E-state index in [1.807, 2.05) is 24.4 Å². The number of hydrogen-bond donors (Lipinski definition) is 2. The number of methoxy groups -OCH3 is 1. The molecule has 8 heteroatoms. The predicted octanol–water partition coefficient (Wildman–Crippen LogP) is 2.52. The number of nitrogens with one attached hydrogen (secondary N) is 1. The lowest BCUT2D eigenvalue weighted by molar-refractivity contribution is -0.682. The second-order valence-electron chi connectivity index (χ2n) is 5.47. The SMILES string of the molecule is COc1ccc([N+](=O)[O-])cc1NC(=O)C[NH2+][C@H](C)c1ccc(Cl)cc1. The van der Waals surface area contributed by atoms with Crippen LogP contribution in [-0.4, -0.2) is 24.5 Å². The highest BCUT2D eigenvalue weighted by Gasteiger charge is 2.16. The first-order chi connectivity index (χ1) is 11.9. The number of ether oxygens (including phenoxy) is 1. The minimum atomic E-state index is -0.524. The number of hydrogen-bond acceptors (Lipinski definition) is 4. The maximum Gasteiger partial charge on any atom is 0.279 e. The zero-order valence-electron chi connectivity index (χ0n) is 13.9. The summed E-state index contributed by atoms with van der Waals surface area (Å²) in [5, 5.41) is 16.0. The molecule has 0 aliphatic rings. The Balaban J connectivity index is 1.99. The van der Waals surface area contributed by atoms with Gasteiger partial charge in [0.25, 0.3) is 11.6 Å². The number of carbonyl (C=O) groups is 1. The van der Waals surface area contributed by atoms with Crippen LogP contribution in [0.15, 0.2) is 42.5 Å². The van der Waals surface area contributed by atoms with Crippen molar-refractivity contribution in [2.45, 2.75) is 13.0 Å². The fraction of sp³-hybridized carbons (Fsp3) is 0.235. The van der Waals surface area contributed by atoms with Gasteiger partial charge < -0.3 is 15.4 Å². The molecule has 2 rings (SSSR count). The van der Waals surface area contributed by atoms with Gasteiger partial charge in [-0.1, -0.05) is 23.7 Å². The van der Waals surface area contributed by atoms with Gasteiger partial charge in [0.1, 0.15) is 11.8 Å². The molecular formula is C17H19ClN3O4+. The minimum absolute atomic E-state index is 0.0648. The first-order valence-corrected chi connectivity index (χ1v) is 7.99. The standard InChI is InChI=1S/C17H18ClN3O4/c1-11(12-3-5-13(18)6-4-12)19-10-17(22)20-15-9-14(21(23)24)7-8-16(15)25-2/h3-9,11,19H,10H2,1-2H3,(H,20,22)/p+1/t11-/m1/s1. The highest BCUT2D eigenvalue weighted by molar-refractivity contribution is 6.30. The molecule has 7 nitrogen and oxygen atoms in total. The van der Waals surface area contributed by atoms with E-state index in [2.05, 4.69) is 5.32 Å². The Kier molecular flexibility index (Phi) is 6.32. The Morgan fingerprint density at radius 2 is 2.00 bits per heavy atom. The lowest BCUT2D eigenvalue weighted by Crippen LogP contribution is -2.86. The summed E-state index contributed by atoms with van der Waals surface area (Å²) in [6, 6.07) is 11.5. The second kappa shape index (κ2) is 8.46. The van der Waals surface area contributed by atoms with Crippen molar-refractivity contribution in [1.29, 1.82) is 0 Å². The Labute approximate surface area is 150 Å². The molecule has 0 fully saturated rings. The molecule has 3 N–H and O–H groups in total. The van der Waals surface area contributed by atoms with Crippen molar-refractivity contribution in [2.75, 3.05) is 19.0 Å². The average molecular weight is 365 g/mol. The molecule has 25 heavy (non-hydrogen) atoms. The van der Waals surface area contributed by atoms with Crippen molar-refractivity contribution in [2.24, 2.45) is 0 Å². The van der Waals surface area contributed by atoms with E-state index >= 15 is 0 Å². The Bertz CT molecular complexity index is 765. The van der Waals surface area contributed by atoms with Gasteiger partial charge in [0.2, 0.25) is 0 Å². The third-order valence-electron chi connectivity index (χ3n) is 3.72. The van der Waals surface area contributed by atoms with Crippen molar-refractivity contribution < 1.29 is 19.8 Å². The van der Waals surface area contributed by atoms with Crippen LogP contribution < -0.4 is 15.4 Å². The van der Waals surface area contributed by atoms with Gasteiger partial charge in [-0.25, -0.2) is 0 Å². The summed E-state index contributed by atoms with van der Waals surface area (Å²) in [6.07, 6.45) is 0. The van der Waals surface area contributed by atoms with E-state index in [1.165, 1.54) is 25.3 Å². The summed E-state index contributed by atoms with van der Waals surface area (Å²) in [4.78, 5) is 22.5. The largest absolute Gasteiger partial charge is 0.495 e. The highest BCUT2D eigenvalue weighted by Crippen LogP contribution is 2.28. The third-order valence-corrected chi connectivity index (χ3v) is 3.97. The van der Waals surface area contributed by atoms with Crippen LogP contribution in [0.1, 0.15) is 18.5 Å². The molecule has 2 aromatic rings. The molecular weight excluding hydrogens is 346 g/mol. The van der Waals surface area contributed by atoms with Gasteiger partial charge in [-0.2, -0.15) is 0 Å². The summed E-state index contributed by atoms with van der Waals surface area (Å²) >= 11 is 5.86. The Morgan fingerprint density at radius 1 is 1.32 bits per heavy atom. The molecule has 132 valence electrons. The van der Waals surface area contributed by atoms with Crippen LogP contribution in [0, 0.1) is 10.1 Å². The Morgan fingerprint density at radius 3 is 2.60 bits per heavy atom. The molecule has 0 aromatic heterocycles. The van der Waals surface area contributed by atoms with Crippen molar-refractivity contribution in [1.82, 2.24) is 0 Å². The number of halogens is 1. The van der Waals surface area contributed by atoms with Crippen LogP contribution in [0.4, 0.5) is 11.4 Å². The van der Waals surface area contributed by atoms with Gasteiger partial charge in [-0.15, -0.1) is 0 Å². The van der Waals surface area contributed by atoms with Crippen molar-refractivity contribution >= 4 is 28.9 Å². The lowest BCUT2D eigenvalue weighted by Gasteiger charge is -2.12. The number of anilines is 1. The van der Waals surface area contributed by atoms with Gasteiger partial charge in [0.15, 0.2) is 6.54 Å². The van der Waals surface area contributed by atoms with Crippen LogP contribution in [0.5, 0.6) is 5.75 Å². The smallest absolute Gasteiger partial charge is 0.279 e. The maximum absolute atomic E-state index is 12.2. The number of non-ortho nitro benzene ring substituents is 1. The average Bonchev–Trinajstić information content (AvgIpc) is 2.60. The van der Waals surface area contributed by atoms with E-state index in [0.29, 0.717) is 10.8 Å². The third kappa shape index (κ3) is 5.17. The number of nitrogens with two attached hydrogens (primary N) is 1. The van der Waals surface area contributed by atoms with Gasteiger partial charge in [-0.05, 0) is 25.1 Å². The Hall–Kier alpha value is -2.64. The summed E-state index contributed by atoms with van der Waals surface area (Å²) < 4.78 is 5.13. The van der Waals surface area contributed by atoms with Crippen molar-refractivity contribution in [3.8, 4) is 5.75 Å². The highest BCUT2D eigenvalue weighted by atomic mass is 35.5. The van der Waals surface area contributed by atoms with Crippen molar-refractivity contribution in [3.63, 3.8) is 0 Å². The molecule has 0 heterocycles. The number of nitro groups is 1. The van der Waals surface area contributed by atoms with Crippen LogP contribution in [0.3, 0.4) is 0 Å². The van der Waals surface area contributed by atoms with E-state index in [4.69, 9.17) is 16.3 Å². The fourth-order valence-electron chi connectivity index (χ4n) is 2.29. The number of nitro benzene ring substituents is 1. The fourth-order valence-corrected chi connectivity index (χ4v) is 2.42. The van der Waals surface area contributed by atoms with Crippen molar-refractivity contribution in [3.05, 3.63) is 63.2 Å². The number of quaternary nitrogens is 1. The molecule has 0 aliphatic heterocycles. The summed E-state index contributed by atoms with van der Waals surface area (Å²) in [7, 11) is 1.44. The quantitative estimate of drug-likeness (QED) is 0.582. The molecule has 0 bridgehead atoms. The van der Waals surface area contributed by atoms with Gasteiger partial charge in [-0.3, -0.25) is 14.9 Å². The lowest BCUT2D eigenvalue weighted by atomic mass is 10.1. The number of nitrogens with zero attached hydrogens (tertiary/aromatic N) is 1.